The molecule has 1 unspecified atom stereocenters. The number of carbonyl (C=O) groups excluding carboxylic acids is 3. The molecule has 0 aromatic carbocycles. The Morgan fingerprint density at radius 3 is 0.731 bits per heavy atom. The number of carbonyl (C=O) groups is 3. The number of rotatable bonds is 64. The number of allylic oxidation sites excluding steroid dienone is 8. The van der Waals surface area contributed by atoms with Crippen LogP contribution >= 0.6 is 0 Å². The minimum Gasteiger partial charge on any atom is -0.462 e. The van der Waals surface area contributed by atoms with Crippen molar-refractivity contribution in [2.75, 3.05) is 13.2 Å². The standard InChI is InChI=1S/C72H132O6/c1-4-7-10-13-16-19-22-25-28-29-30-31-32-33-34-35-36-37-38-39-40-41-42-45-47-50-53-56-59-62-65-71(74)77-68-69(78-72(75)66-63-60-57-54-51-48-44-27-24-21-18-15-12-9-6-3)67-76-70(73)64-61-58-55-52-49-46-43-26-23-20-17-14-11-8-5-2/h17-18,20-21,26-27,43-44,69H,4-16,19,22-25,28-42,45-68H2,1-3H3/b20-17-,21-18-,43-26-,44-27-. The van der Waals surface area contributed by atoms with E-state index in [9.17, 15) is 14.4 Å². The van der Waals surface area contributed by atoms with E-state index in [1.54, 1.807) is 0 Å². The summed E-state index contributed by atoms with van der Waals surface area (Å²) in [6.45, 7) is 6.62. The third-order valence-corrected chi connectivity index (χ3v) is 15.6. The van der Waals surface area contributed by atoms with Gasteiger partial charge in [0.1, 0.15) is 13.2 Å². The van der Waals surface area contributed by atoms with Gasteiger partial charge in [-0.3, -0.25) is 14.4 Å². The third kappa shape index (κ3) is 64.2. The monoisotopic (exact) mass is 1090 g/mol. The number of ether oxygens (including phenoxy) is 3. The number of hydrogen-bond donors (Lipinski definition) is 0. The molecule has 1 atom stereocenters. The summed E-state index contributed by atoms with van der Waals surface area (Å²) in [7, 11) is 0. The highest BCUT2D eigenvalue weighted by Crippen LogP contribution is 2.18. The summed E-state index contributed by atoms with van der Waals surface area (Å²) >= 11 is 0. The quantitative estimate of drug-likeness (QED) is 0.0261. The normalized spacial score (nSPS) is 12.3. The molecule has 0 amide bonds. The Balaban J connectivity index is 4.17. The molecule has 78 heavy (non-hydrogen) atoms. The van der Waals surface area contributed by atoms with Crippen molar-refractivity contribution in [3.05, 3.63) is 48.6 Å². The van der Waals surface area contributed by atoms with Crippen LogP contribution in [0.2, 0.25) is 0 Å². The predicted molar refractivity (Wildman–Crippen MR) is 339 cm³/mol. The molecule has 0 spiro atoms. The molecule has 6 nitrogen and oxygen atoms in total. The van der Waals surface area contributed by atoms with E-state index in [0.29, 0.717) is 19.3 Å². The summed E-state index contributed by atoms with van der Waals surface area (Å²) in [5.74, 6) is -0.887. The first kappa shape index (κ1) is 75.4. The second-order valence-corrected chi connectivity index (χ2v) is 23.4. The lowest BCUT2D eigenvalue weighted by Crippen LogP contribution is -2.30. The smallest absolute Gasteiger partial charge is 0.306 e. The Bertz CT molecular complexity index is 1350. The van der Waals surface area contributed by atoms with Gasteiger partial charge in [0.15, 0.2) is 6.10 Å². The van der Waals surface area contributed by atoms with E-state index in [4.69, 9.17) is 14.2 Å². The maximum Gasteiger partial charge on any atom is 0.306 e. The molecule has 6 heteroatoms. The molecule has 0 N–H and O–H groups in total. The van der Waals surface area contributed by atoms with Crippen molar-refractivity contribution in [3.8, 4) is 0 Å². The lowest BCUT2D eigenvalue weighted by atomic mass is 10.0. The first-order valence-corrected chi connectivity index (χ1v) is 34.6. The zero-order valence-corrected chi connectivity index (χ0v) is 52.5. The zero-order valence-electron chi connectivity index (χ0n) is 52.5. The van der Waals surface area contributed by atoms with Crippen LogP contribution in [-0.2, 0) is 28.6 Å². The molecule has 0 bridgehead atoms. The van der Waals surface area contributed by atoms with E-state index in [-0.39, 0.29) is 31.1 Å². The van der Waals surface area contributed by atoms with Crippen LogP contribution in [-0.4, -0.2) is 37.2 Å². The second kappa shape index (κ2) is 66.9. The maximum atomic E-state index is 12.9. The van der Waals surface area contributed by atoms with E-state index < -0.39 is 6.10 Å². The number of unbranched alkanes of at least 4 members (excludes halogenated alkanes) is 45. The van der Waals surface area contributed by atoms with Gasteiger partial charge in [0, 0.05) is 19.3 Å². The van der Waals surface area contributed by atoms with E-state index in [0.717, 1.165) is 103 Å². The fourth-order valence-corrected chi connectivity index (χ4v) is 10.3. The molecule has 0 aliphatic carbocycles. The van der Waals surface area contributed by atoms with Gasteiger partial charge in [0.05, 0.1) is 0 Å². The van der Waals surface area contributed by atoms with Gasteiger partial charge in [0.2, 0.25) is 0 Å². The zero-order chi connectivity index (χ0) is 56.4. The molecule has 0 rings (SSSR count). The van der Waals surface area contributed by atoms with Crippen LogP contribution in [0.5, 0.6) is 0 Å². The highest BCUT2D eigenvalue weighted by molar-refractivity contribution is 5.71. The van der Waals surface area contributed by atoms with Crippen molar-refractivity contribution < 1.29 is 28.6 Å². The van der Waals surface area contributed by atoms with Crippen LogP contribution in [0.3, 0.4) is 0 Å². The highest BCUT2D eigenvalue weighted by Gasteiger charge is 2.19. The number of esters is 3. The van der Waals surface area contributed by atoms with Gasteiger partial charge in [-0.05, 0) is 83.5 Å². The Kier molecular flexibility index (Phi) is 64.6. The van der Waals surface area contributed by atoms with Gasteiger partial charge in [-0.25, -0.2) is 0 Å². The van der Waals surface area contributed by atoms with Crippen LogP contribution in [0.1, 0.15) is 374 Å². The topological polar surface area (TPSA) is 78.9 Å². The molecule has 0 saturated heterocycles. The largest absolute Gasteiger partial charge is 0.462 e. The minimum absolute atomic E-state index is 0.0801. The van der Waals surface area contributed by atoms with Gasteiger partial charge in [0.25, 0.3) is 0 Å². The fourth-order valence-electron chi connectivity index (χ4n) is 10.3. The molecule has 0 aromatic heterocycles. The summed E-state index contributed by atoms with van der Waals surface area (Å²) in [4.78, 5) is 38.3. The van der Waals surface area contributed by atoms with Gasteiger partial charge in [-0.1, -0.05) is 320 Å². The van der Waals surface area contributed by atoms with Crippen molar-refractivity contribution >= 4 is 17.9 Å². The molecule has 0 aliphatic rings. The SMILES string of the molecule is CCCCC/C=C\C/C=C\CCCCCCCC(=O)OCC(COC(=O)CCCCCCCCCCCCCCCCCCCCCCCCCCCCCCCC)OC(=O)CCCCCCC/C=C\C/C=C\CCCCC. The fraction of sp³-hybridized carbons (Fsp3) is 0.847. The van der Waals surface area contributed by atoms with Crippen LogP contribution < -0.4 is 0 Å². The summed E-state index contributed by atoms with van der Waals surface area (Å²) in [5.41, 5.74) is 0. The first-order chi connectivity index (χ1) is 38.5. The van der Waals surface area contributed by atoms with Crippen molar-refractivity contribution in [2.24, 2.45) is 0 Å². The van der Waals surface area contributed by atoms with Crippen LogP contribution in [0.25, 0.3) is 0 Å². The molecule has 0 saturated carbocycles. The van der Waals surface area contributed by atoms with Crippen LogP contribution in [0.4, 0.5) is 0 Å². The predicted octanol–water partition coefficient (Wildman–Crippen LogP) is 23.7. The summed E-state index contributed by atoms with van der Waals surface area (Å²) in [5, 5.41) is 0. The molecule has 0 radical (unpaired) electrons. The highest BCUT2D eigenvalue weighted by atomic mass is 16.6. The second-order valence-electron chi connectivity index (χ2n) is 23.4. The van der Waals surface area contributed by atoms with Crippen molar-refractivity contribution in [1.82, 2.24) is 0 Å². The average molecular weight is 1090 g/mol. The van der Waals surface area contributed by atoms with Crippen LogP contribution in [0, 0.1) is 0 Å². The molecule has 0 aliphatic heterocycles. The average Bonchev–Trinajstić information content (AvgIpc) is 3.44. The van der Waals surface area contributed by atoms with Crippen LogP contribution in [0.15, 0.2) is 48.6 Å². The summed E-state index contributed by atoms with van der Waals surface area (Å²) < 4.78 is 16.9. The lowest BCUT2D eigenvalue weighted by Gasteiger charge is -2.18. The third-order valence-electron chi connectivity index (χ3n) is 15.6. The molecule has 0 fully saturated rings. The molecular formula is C72H132O6. The van der Waals surface area contributed by atoms with E-state index >= 15 is 0 Å². The summed E-state index contributed by atoms with van der Waals surface area (Å²) in [6, 6.07) is 0. The van der Waals surface area contributed by atoms with Gasteiger partial charge in [-0.15, -0.1) is 0 Å². The molecule has 0 heterocycles. The van der Waals surface area contributed by atoms with Crippen molar-refractivity contribution in [3.63, 3.8) is 0 Å². The number of hydrogen-bond acceptors (Lipinski definition) is 6. The molecule has 456 valence electrons. The maximum absolute atomic E-state index is 12.9. The Morgan fingerprint density at radius 1 is 0.256 bits per heavy atom. The Hall–Kier alpha value is -2.63. The van der Waals surface area contributed by atoms with Gasteiger partial charge >= 0.3 is 17.9 Å². The first-order valence-electron chi connectivity index (χ1n) is 34.6. The summed E-state index contributed by atoms with van der Waals surface area (Å²) in [6.07, 6.45) is 84.3. The van der Waals surface area contributed by atoms with Gasteiger partial charge in [-0.2, -0.15) is 0 Å². The Morgan fingerprint density at radius 2 is 0.462 bits per heavy atom. The lowest BCUT2D eigenvalue weighted by molar-refractivity contribution is -0.167. The Labute approximate surface area is 486 Å². The minimum atomic E-state index is -0.786. The van der Waals surface area contributed by atoms with E-state index in [2.05, 4.69) is 69.4 Å². The molecular weight excluding hydrogens is 961 g/mol. The van der Waals surface area contributed by atoms with E-state index in [1.165, 1.54) is 231 Å². The molecule has 0 aromatic rings. The van der Waals surface area contributed by atoms with Crippen molar-refractivity contribution in [1.29, 1.82) is 0 Å². The van der Waals surface area contributed by atoms with Gasteiger partial charge < -0.3 is 14.2 Å². The van der Waals surface area contributed by atoms with Crippen molar-refractivity contribution in [2.45, 2.75) is 380 Å². The van der Waals surface area contributed by atoms with E-state index in [1.807, 2.05) is 0 Å².